The van der Waals surface area contributed by atoms with E-state index in [9.17, 15) is 8.42 Å². The highest BCUT2D eigenvalue weighted by molar-refractivity contribution is 7.88. The topological polar surface area (TPSA) is 58.2 Å². The maximum Gasteiger partial charge on any atom is 0.208 e. The summed E-state index contributed by atoms with van der Waals surface area (Å²) < 4.78 is 24.2. The summed E-state index contributed by atoms with van der Waals surface area (Å²) in [4.78, 5) is 0. The molecule has 94 valence electrons. The average Bonchev–Trinajstić information content (AvgIpc) is 2.65. The normalized spacial score (nSPS) is 16.1. The molecule has 0 fully saturated rings. The maximum atomic E-state index is 10.9. The van der Waals surface area contributed by atoms with Crippen LogP contribution in [0.15, 0.2) is 24.3 Å². The summed E-state index contributed by atoms with van der Waals surface area (Å²) in [6.45, 7) is 1.12. The van der Waals surface area contributed by atoms with Crippen LogP contribution in [0.4, 0.5) is 0 Å². The molecular weight excluding hydrogens is 236 g/mol. The molecule has 1 aromatic rings. The lowest BCUT2D eigenvalue weighted by Gasteiger charge is -2.11. The van der Waals surface area contributed by atoms with Gasteiger partial charge < -0.3 is 5.32 Å². The minimum Gasteiger partial charge on any atom is -0.312 e. The van der Waals surface area contributed by atoms with E-state index in [4.69, 9.17) is 0 Å². The lowest BCUT2D eigenvalue weighted by molar-refractivity contribution is 0.528. The molecule has 1 aliphatic carbocycles. The molecule has 0 aromatic heterocycles. The van der Waals surface area contributed by atoms with Gasteiger partial charge in [0.2, 0.25) is 10.0 Å². The molecule has 0 amide bonds. The van der Waals surface area contributed by atoms with Crippen molar-refractivity contribution < 1.29 is 8.42 Å². The fourth-order valence-corrected chi connectivity index (χ4v) is 2.69. The number of benzene rings is 1. The van der Waals surface area contributed by atoms with E-state index in [-0.39, 0.29) is 0 Å². The van der Waals surface area contributed by atoms with Gasteiger partial charge in [0.1, 0.15) is 0 Å². The third-order valence-corrected chi connectivity index (χ3v) is 3.70. The van der Waals surface area contributed by atoms with Gasteiger partial charge in [-0.25, -0.2) is 13.1 Å². The summed E-state index contributed by atoms with van der Waals surface area (Å²) in [6.07, 6.45) is 3.25. The number of hydrogen-bond acceptors (Lipinski definition) is 3. The zero-order valence-electron chi connectivity index (χ0n) is 9.94. The fourth-order valence-electron chi connectivity index (χ4n) is 2.22. The Labute approximate surface area is 102 Å². The van der Waals surface area contributed by atoms with Crippen LogP contribution in [0.3, 0.4) is 0 Å². The van der Waals surface area contributed by atoms with Crippen molar-refractivity contribution in [3.8, 4) is 0 Å². The van der Waals surface area contributed by atoms with Gasteiger partial charge >= 0.3 is 0 Å². The van der Waals surface area contributed by atoms with E-state index in [0.29, 0.717) is 19.1 Å². The fraction of sp³-hybridized carbons (Fsp3) is 0.500. The van der Waals surface area contributed by atoms with Gasteiger partial charge in [0.25, 0.3) is 0 Å². The van der Waals surface area contributed by atoms with E-state index in [1.54, 1.807) is 0 Å². The smallest absolute Gasteiger partial charge is 0.208 e. The minimum atomic E-state index is -3.06. The van der Waals surface area contributed by atoms with Crippen molar-refractivity contribution in [1.29, 1.82) is 0 Å². The lowest BCUT2D eigenvalue weighted by atomic mass is 10.1. The van der Waals surface area contributed by atoms with Crippen LogP contribution < -0.4 is 10.0 Å². The van der Waals surface area contributed by atoms with Crippen LogP contribution in [0.5, 0.6) is 0 Å². The van der Waals surface area contributed by atoms with Gasteiger partial charge in [-0.05, 0) is 24.0 Å². The molecule has 2 rings (SSSR count). The molecule has 0 atom stereocenters. The predicted octanol–water partition coefficient (Wildman–Crippen LogP) is 0.293. The highest BCUT2D eigenvalue weighted by Crippen LogP contribution is 2.21. The summed E-state index contributed by atoms with van der Waals surface area (Å²) in [6, 6.07) is 8.88. The summed E-state index contributed by atoms with van der Waals surface area (Å²) in [5, 5.41) is 3.37. The zero-order valence-corrected chi connectivity index (χ0v) is 10.8. The molecule has 0 spiro atoms. The Morgan fingerprint density at radius 2 is 1.76 bits per heavy atom. The van der Waals surface area contributed by atoms with Crippen LogP contribution in [0.1, 0.15) is 11.1 Å². The lowest BCUT2D eigenvalue weighted by Crippen LogP contribution is -2.37. The summed E-state index contributed by atoms with van der Waals surface area (Å²) in [7, 11) is -3.06. The second kappa shape index (κ2) is 5.16. The molecule has 0 saturated heterocycles. The quantitative estimate of drug-likeness (QED) is 0.743. The highest BCUT2D eigenvalue weighted by Gasteiger charge is 2.19. The van der Waals surface area contributed by atoms with Crippen LogP contribution in [0, 0.1) is 0 Å². The van der Waals surface area contributed by atoms with E-state index in [1.807, 2.05) is 0 Å². The number of hydrogen-bond donors (Lipinski definition) is 2. The first-order valence-electron chi connectivity index (χ1n) is 5.79. The first-order chi connectivity index (χ1) is 8.04. The monoisotopic (exact) mass is 254 g/mol. The van der Waals surface area contributed by atoms with Crippen LogP contribution in [0.25, 0.3) is 0 Å². The third kappa shape index (κ3) is 3.80. The van der Waals surface area contributed by atoms with E-state index < -0.39 is 10.0 Å². The molecule has 17 heavy (non-hydrogen) atoms. The van der Waals surface area contributed by atoms with Gasteiger partial charge in [-0.3, -0.25) is 0 Å². The van der Waals surface area contributed by atoms with Gasteiger partial charge in [0.15, 0.2) is 0 Å². The van der Waals surface area contributed by atoms with Gasteiger partial charge in [0, 0.05) is 19.1 Å². The number of nitrogens with one attached hydrogen (secondary N) is 2. The summed E-state index contributed by atoms with van der Waals surface area (Å²) in [5.41, 5.74) is 2.81. The molecular formula is C12H18N2O2S. The Bertz CT molecular complexity index is 460. The predicted molar refractivity (Wildman–Crippen MR) is 68.5 cm³/mol. The SMILES string of the molecule is CS(=O)(=O)NCCNC1Cc2ccccc2C1. The molecule has 0 heterocycles. The van der Waals surface area contributed by atoms with E-state index in [2.05, 4.69) is 34.3 Å². The van der Waals surface area contributed by atoms with Gasteiger partial charge in [-0.1, -0.05) is 24.3 Å². The molecule has 5 heteroatoms. The molecule has 1 aliphatic rings. The third-order valence-electron chi connectivity index (χ3n) is 2.97. The second-order valence-corrected chi connectivity index (χ2v) is 6.33. The van der Waals surface area contributed by atoms with Crippen LogP contribution >= 0.6 is 0 Å². The average molecular weight is 254 g/mol. The minimum absolute atomic E-state index is 0.439. The molecule has 0 saturated carbocycles. The molecule has 2 N–H and O–H groups in total. The largest absolute Gasteiger partial charge is 0.312 e. The van der Waals surface area contributed by atoms with Crippen LogP contribution in [0.2, 0.25) is 0 Å². The highest BCUT2D eigenvalue weighted by atomic mass is 32.2. The van der Waals surface area contributed by atoms with Crippen LogP contribution in [-0.4, -0.2) is 33.8 Å². The zero-order chi connectivity index (χ0) is 12.3. The van der Waals surface area contributed by atoms with Crippen molar-refractivity contribution in [2.45, 2.75) is 18.9 Å². The van der Waals surface area contributed by atoms with Crippen molar-refractivity contribution in [3.63, 3.8) is 0 Å². The van der Waals surface area contributed by atoms with E-state index in [1.165, 1.54) is 17.4 Å². The molecule has 4 nitrogen and oxygen atoms in total. The van der Waals surface area contributed by atoms with E-state index in [0.717, 1.165) is 12.8 Å². The first kappa shape index (κ1) is 12.5. The first-order valence-corrected chi connectivity index (χ1v) is 7.68. The standard InChI is InChI=1S/C12H18N2O2S/c1-17(15,16)14-7-6-13-12-8-10-4-2-3-5-11(10)9-12/h2-5,12-14H,6-9H2,1H3. The van der Waals surface area contributed by atoms with Gasteiger partial charge in [-0.2, -0.15) is 0 Å². The molecule has 0 unspecified atom stereocenters. The molecule has 0 radical (unpaired) electrons. The summed E-state index contributed by atoms with van der Waals surface area (Å²) >= 11 is 0. The Balaban J connectivity index is 1.74. The number of rotatable bonds is 5. The van der Waals surface area contributed by atoms with Gasteiger partial charge in [-0.15, -0.1) is 0 Å². The second-order valence-electron chi connectivity index (χ2n) is 4.49. The van der Waals surface area contributed by atoms with Crippen molar-refractivity contribution in [1.82, 2.24) is 10.0 Å². The molecule has 0 bridgehead atoms. The Morgan fingerprint density at radius 3 is 2.29 bits per heavy atom. The maximum absolute atomic E-state index is 10.9. The van der Waals surface area contributed by atoms with Crippen molar-refractivity contribution in [2.75, 3.05) is 19.3 Å². The Morgan fingerprint density at radius 1 is 1.18 bits per heavy atom. The van der Waals surface area contributed by atoms with E-state index >= 15 is 0 Å². The van der Waals surface area contributed by atoms with Crippen molar-refractivity contribution in [2.24, 2.45) is 0 Å². The van der Waals surface area contributed by atoms with Crippen LogP contribution in [-0.2, 0) is 22.9 Å². The van der Waals surface area contributed by atoms with Gasteiger partial charge in [0.05, 0.1) is 6.26 Å². The van der Waals surface area contributed by atoms with Crippen molar-refractivity contribution in [3.05, 3.63) is 35.4 Å². The molecule has 1 aromatic carbocycles. The molecule has 0 aliphatic heterocycles. The Kier molecular flexibility index (Phi) is 3.81. The Hall–Kier alpha value is -0.910. The van der Waals surface area contributed by atoms with Crippen molar-refractivity contribution >= 4 is 10.0 Å². The summed E-state index contributed by atoms with van der Waals surface area (Å²) in [5.74, 6) is 0. The number of sulfonamides is 1. The number of fused-ring (bicyclic) bond motifs is 1.